The van der Waals surface area contributed by atoms with E-state index >= 15 is 0 Å². The topological polar surface area (TPSA) is 85.9 Å². The number of hydrogen-bond donors (Lipinski definition) is 2. The van der Waals surface area contributed by atoms with E-state index in [-0.39, 0.29) is 36.7 Å². The Hall–Kier alpha value is -2.12. The molecule has 2 aliphatic heterocycles. The third-order valence-corrected chi connectivity index (χ3v) is 5.09. The second-order valence-electron chi connectivity index (χ2n) is 6.77. The van der Waals surface area contributed by atoms with Gasteiger partial charge in [-0.05, 0) is 25.0 Å². The lowest BCUT2D eigenvalue weighted by atomic mass is 9.84. The van der Waals surface area contributed by atoms with Crippen molar-refractivity contribution in [3.05, 3.63) is 30.3 Å². The molecule has 7 nitrogen and oxygen atoms in total. The largest absolute Gasteiger partial charge is 0.441 e. The molecule has 0 aromatic heterocycles. The lowest BCUT2D eigenvalue weighted by Gasteiger charge is -2.27. The van der Waals surface area contributed by atoms with E-state index in [1.54, 1.807) is 12.1 Å². The van der Waals surface area contributed by atoms with Gasteiger partial charge in [-0.3, -0.25) is 10.1 Å². The van der Waals surface area contributed by atoms with Crippen LogP contribution in [0.1, 0.15) is 19.3 Å². The molecule has 2 N–H and O–H groups in total. The van der Waals surface area contributed by atoms with Gasteiger partial charge in [0.15, 0.2) is 6.10 Å². The van der Waals surface area contributed by atoms with Gasteiger partial charge in [0.25, 0.3) is 0 Å². The summed E-state index contributed by atoms with van der Waals surface area (Å²) in [7, 11) is 0. The molecule has 0 spiro atoms. The summed E-state index contributed by atoms with van der Waals surface area (Å²) >= 11 is 0. The van der Waals surface area contributed by atoms with Crippen molar-refractivity contribution >= 4 is 17.7 Å². The molecule has 4 rings (SSSR count). The molecule has 3 aliphatic rings. The average molecular weight is 346 g/mol. The van der Waals surface area contributed by atoms with E-state index in [0.717, 1.165) is 19.3 Å². The minimum Gasteiger partial charge on any atom is -0.441 e. The van der Waals surface area contributed by atoms with Crippen molar-refractivity contribution in [1.29, 1.82) is 0 Å². The smallest absolute Gasteiger partial charge is 0.412 e. The fourth-order valence-corrected chi connectivity index (χ4v) is 3.47. The predicted molar refractivity (Wildman–Crippen MR) is 89.1 cm³/mol. The van der Waals surface area contributed by atoms with Crippen molar-refractivity contribution in [2.75, 3.05) is 18.5 Å². The first-order valence-corrected chi connectivity index (χ1v) is 8.77. The van der Waals surface area contributed by atoms with Crippen LogP contribution in [0.25, 0.3) is 0 Å². The fourth-order valence-electron chi connectivity index (χ4n) is 3.47. The Bertz CT molecular complexity index is 634. The van der Waals surface area contributed by atoms with Crippen LogP contribution < -0.4 is 10.6 Å². The van der Waals surface area contributed by atoms with Crippen LogP contribution in [0, 0.1) is 5.92 Å². The minimum absolute atomic E-state index is 0.0790. The number of carbonyl (C=O) groups excluding carboxylic acids is 2. The van der Waals surface area contributed by atoms with Gasteiger partial charge < -0.3 is 19.5 Å². The van der Waals surface area contributed by atoms with Crippen LogP contribution in [0.3, 0.4) is 0 Å². The molecular weight excluding hydrogens is 324 g/mol. The number of hydrogen-bond acceptors (Lipinski definition) is 5. The highest BCUT2D eigenvalue weighted by Crippen LogP contribution is 2.31. The van der Waals surface area contributed by atoms with Gasteiger partial charge >= 0.3 is 6.09 Å². The number of nitrogens with one attached hydrogen (secondary N) is 2. The van der Waals surface area contributed by atoms with Gasteiger partial charge in [-0.1, -0.05) is 24.6 Å². The van der Waals surface area contributed by atoms with Crippen molar-refractivity contribution in [3.8, 4) is 0 Å². The Morgan fingerprint density at radius 3 is 2.52 bits per heavy atom. The minimum atomic E-state index is -0.536. The maximum atomic E-state index is 12.1. The van der Waals surface area contributed by atoms with E-state index in [9.17, 15) is 9.59 Å². The van der Waals surface area contributed by atoms with Crippen molar-refractivity contribution < 1.29 is 23.8 Å². The van der Waals surface area contributed by atoms with E-state index in [2.05, 4.69) is 10.6 Å². The van der Waals surface area contributed by atoms with Crippen molar-refractivity contribution in [1.82, 2.24) is 5.32 Å². The number of para-hydroxylation sites is 1. The molecule has 0 radical (unpaired) electrons. The highest BCUT2D eigenvalue weighted by atomic mass is 16.6. The molecule has 2 saturated heterocycles. The molecular formula is C18H22N2O5. The van der Waals surface area contributed by atoms with Crippen LogP contribution >= 0.6 is 0 Å². The Balaban J connectivity index is 1.29. The lowest BCUT2D eigenvalue weighted by Crippen LogP contribution is -2.47. The Kier molecular flexibility index (Phi) is 4.59. The second-order valence-corrected chi connectivity index (χ2v) is 6.77. The van der Waals surface area contributed by atoms with Crippen molar-refractivity contribution in [2.24, 2.45) is 5.92 Å². The lowest BCUT2D eigenvalue weighted by molar-refractivity contribution is -0.128. The van der Waals surface area contributed by atoms with Gasteiger partial charge in [0.2, 0.25) is 5.91 Å². The molecule has 1 aromatic rings. The van der Waals surface area contributed by atoms with Gasteiger partial charge in [0.05, 0.1) is 19.3 Å². The number of anilines is 1. The summed E-state index contributed by atoms with van der Waals surface area (Å²) in [5, 5.41) is 5.70. The zero-order valence-electron chi connectivity index (χ0n) is 13.9. The Labute approximate surface area is 146 Å². The molecule has 1 aliphatic carbocycles. The molecule has 1 aromatic carbocycles. The number of benzene rings is 1. The molecule has 7 heteroatoms. The first-order valence-electron chi connectivity index (χ1n) is 8.77. The van der Waals surface area contributed by atoms with Crippen LogP contribution in [0.2, 0.25) is 0 Å². The Morgan fingerprint density at radius 1 is 1.04 bits per heavy atom. The molecule has 0 unspecified atom stereocenters. The molecule has 2 heterocycles. The van der Waals surface area contributed by atoms with Crippen LogP contribution in [0.5, 0.6) is 0 Å². The molecule has 25 heavy (non-hydrogen) atoms. The SMILES string of the molecule is O=C(Nc1ccccc1)O[C@H]1CO[C@@H]2[C@@H]1OC[C@@H]2NC(=O)C1CCC1. The number of amides is 2. The number of ether oxygens (including phenoxy) is 3. The molecule has 134 valence electrons. The summed E-state index contributed by atoms with van der Waals surface area (Å²) in [6.45, 7) is 0.654. The van der Waals surface area contributed by atoms with E-state index in [1.807, 2.05) is 18.2 Å². The highest BCUT2D eigenvalue weighted by Gasteiger charge is 2.50. The summed E-state index contributed by atoms with van der Waals surface area (Å²) in [6.07, 6.45) is 1.42. The quantitative estimate of drug-likeness (QED) is 0.866. The highest BCUT2D eigenvalue weighted by molar-refractivity contribution is 5.84. The van der Waals surface area contributed by atoms with Gasteiger partial charge in [0.1, 0.15) is 12.2 Å². The summed E-state index contributed by atoms with van der Waals surface area (Å²) in [6, 6.07) is 8.93. The van der Waals surface area contributed by atoms with E-state index in [4.69, 9.17) is 14.2 Å². The summed E-state index contributed by atoms with van der Waals surface area (Å²) < 4.78 is 16.9. The van der Waals surface area contributed by atoms with Crippen LogP contribution in [0.4, 0.5) is 10.5 Å². The van der Waals surface area contributed by atoms with E-state index in [0.29, 0.717) is 12.3 Å². The van der Waals surface area contributed by atoms with Crippen LogP contribution in [-0.2, 0) is 19.0 Å². The molecule has 1 saturated carbocycles. The summed E-state index contributed by atoms with van der Waals surface area (Å²) in [5.74, 6) is 0.208. The molecule has 2 amide bonds. The molecule has 4 atom stereocenters. The first kappa shape index (κ1) is 16.4. The Morgan fingerprint density at radius 2 is 1.80 bits per heavy atom. The average Bonchev–Trinajstić information content (AvgIpc) is 3.11. The second kappa shape index (κ2) is 7.01. The predicted octanol–water partition coefficient (Wildman–Crippen LogP) is 1.69. The maximum Gasteiger partial charge on any atom is 0.412 e. The van der Waals surface area contributed by atoms with Crippen molar-refractivity contribution in [3.63, 3.8) is 0 Å². The number of carbonyl (C=O) groups is 2. The van der Waals surface area contributed by atoms with Crippen LogP contribution in [-0.4, -0.2) is 49.6 Å². The van der Waals surface area contributed by atoms with E-state index in [1.165, 1.54) is 0 Å². The fraction of sp³-hybridized carbons (Fsp3) is 0.556. The van der Waals surface area contributed by atoms with E-state index < -0.39 is 12.2 Å². The summed E-state index contributed by atoms with van der Waals surface area (Å²) in [5.41, 5.74) is 0.668. The molecule has 3 fully saturated rings. The van der Waals surface area contributed by atoms with Gasteiger partial charge in [0, 0.05) is 11.6 Å². The zero-order valence-corrected chi connectivity index (χ0v) is 13.9. The summed E-state index contributed by atoms with van der Waals surface area (Å²) in [4.78, 5) is 24.2. The van der Waals surface area contributed by atoms with Crippen LogP contribution in [0.15, 0.2) is 30.3 Å². The maximum absolute atomic E-state index is 12.1. The first-order chi connectivity index (χ1) is 12.2. The van der Waals surface area contributed by atoms with Crippen molar-refractivity contribution in [2.45, 2.75) is 43.6 Å². The standard InChI is InChI=1S/C18H22N2O5/c21-17(11-5-4-6-11)20-13-9-23-16-14(10-24-15(13)16)25-18(22)19-12-7-2-1-3-8-12/h1-3,7-8,11,13-16H,4-6,9-10H2,(H,19,22)(H,20,21)/t13-,14-,15-,16+/m0/s1. The van der Waals surface area contributed by atoms with Gasteiger partial charge in [-0.2, -0.15) is 0 Å². The molecule has 0 bridgehead atoms. The number of rotatable bonds is 4. The third-order valence-electron chi connectivity index (χ3n) is 5.09. The number of fused-ring (bicyclic) bond motifs is 1. The monoisotopic (exact) mass is 346 g/mol. The van der Waals surface area contributed by atoms with Gasteiger partial charge in [-0.25, -0.2) is 4.79 Å². The third kappa shape index (κ3) is 3.48. The van der Waals surface area contributed by atoms with Gasteiger partial charge in [-0.15, -0.1) is 0 Å². The zero-order chi connectivity index (χ0) is 17.2. The normalized spacial score (nSPS) is 31.0.